The zero-order valence-electron chi connectivity index (χ0n) is 21.1. The number of carbonyl (C=O) groups excluding carboxylic acids is 2. The van der Waals surface area contributed by atoms with Crippen LogP contribution in [0.15, 0.2) is 72.8 Å². The largest absolute Gasteiger partial charge is 0.351 e. The Morgan fingerprint density at radius 2 is 1.56 bits per heavy atom. The molecule has 0 radical (unpaired) electrons. The zero-order chi connectivity index (χ0) is 25.5. The van der Waals surface area contributed by atoms with Crippen molar-refractivity contribution in [2.45, 2.75) is 27.2 Å². The number of nitrogens with zero attached hydrogens (tertiary/aromatic N) is 1. The van der Waals surface area contributed by atoms with Gasteiger partial charge < -0.3 is 15.5 Å². The molecule has 5 nitrogen and oxygen atoms in total. The number of carbonyl (C=O) groups is 2. The Hall–Kier alpha value is -3.48. The second kappa shape index (κ2) is 12.0. The fraction of sp³-hybridized carbons (Fsp3) is 0.267. The number of fused-ring (bicyclic) bond motifs is 1. The molecule has 0 saturated carbocycles. The number of thiophene rings is 1. The van der Waals surface area contributed by atoms with Crippen LogP contribution >= 0.6 is 11.3 Å². The summed E-state index contributed by atoms with van der Waals surface area (Å²) in [5.41, 5.74) is 4.68. The van der Waals surface area contributed by atoms with Crippen molar-refractivity contribution in [1.82, 2.24) is 10.2 Å². The van der Waals surface area contributed by atoms with E-state index in [1.807, 2.05) is 12.1 Å². The summed E-state index contributed by atoms with van der Waals surface area (Å²) in [5.74, 6) is -0.236. The van der Waals surface area contributed by atoms with Gasteiger partial charge >= 0.3 is 0 Å². The van der Waals surface area contributed by atoms with Crippen LogP contribution in [0, 0.1) is 6.92 Å². The van der Waals surface area contributed by atoms with Crippen molar-refractivity contribution in [3.8, 4) is 0 Å². The standard InChI is InChI=1S/C30H33N3O2S/c1-4-33(5-2)19-18-31-29(34)23-14-16-24(17-15-23)32-30(35)28-26(20-22-12-10-21(3)11-13-22)25-8-6-7-9-27(25)36-28/h6-17H,4-5,18-20H2,1-3H3,(H,31,34)(H,32,35). The average Bonchev–Trinajstić information content (AvgIpc) is 3.27. The maximum absolute atomic E-state index is 13.3. The molecule has 0 saturated heterocycles. The predicted octanol–water partition coefficient (Wildman–Crippen LogP) is 6.12. The lowest BCUT2D eigenvalue weighted by Gasteiger charge is -2.18. The number of rotatable bonds is 10. The molecule has 0 fully saturated rings. The Morgan fingerprint density at radius 1 is 0.861 bits per heavy atom. The quantitative estimate of drug-likeness (QED) is 0.276. The van der Waals surface area contributed by atoms with Crippen LogP contribution < -0.4 is 10.6 Å². The Kier molecular flexibility index (Phi) is 8.52. The van der Waals surface area contributed by atoms with Crippen LogP contribution in [0.2, 0.25) is 0 Å². The third-order valence-electron chi connectivity index (χ3n) is 6.42. The molecular formula is C30H33N3O2S. The molecule has 3 aromatic carbocycles. The van der Waals surface area contributed by atoms with Crippen LogP contribution in [-0.4, -0.2) is 42.9 Å². The Bertz CT molecular complexity index is 1320. The summed E-state index contributed by atoms with van der Waals surface area (Å²) >= 11 is 1.52. The number of benzene rings is 3. The van der Waals surface area contributed by atoms with E-state index in [1.54, 1.807) is 24.3 Å². The summed E-state index contributed by atoms with van der Waals surface area (Å²) in [6.07, 6.45) is 0.694. The molecule has 4 rings (SSSR count). The third-order valence-corrected chi connectivity index (χ3v) is 7.63. The highest BCUT2D eigenvalue weighted by molar-refractivity contribution is 7.21. The third kappa shape index (κ3) is 6.20. The summed E-state index contributed by atoms with van der Waals surface area (Å²) in [5, 5.41) is 7.11. The van der Waals surface area contributed by atoms with Gasteiger partial charge in [0.25, 0.3) is 11.8 Å². The summed E-state index contributed by atoms with van der Waals surface area (Å²) in [7, 11) is 0. The maximum atomic E-state index is 13.3. The fourth-order valence-electron chi connectivity index (χ4n) is 4.23. The molecule has 0 atom stereocenters. The molecule has 0 spiro atoms. The first-order chi connectivity index (χ1) is 17.5. The maximum Gasteiger partial charge on any atom is 0.266 e. The molecule has 0 unspecified atom stereocenters. The van der Waals surface area contributed by atoms with Crippen molar-refractivity contribution in [2.75, 3.05) is 31.5 Å². The van der Waals surface area contributed by atoms with Crippen molar-refractivity contribution in [1.29, 1.82) is 0 Å². The summed E-state index contributed by atoms with van der Waals surface area (Å²) in [6, 6.07) is 23.7. The molecule has 1 aromatic heterocycles. The molecule has 0 aliphatic carbocycles. The topological polar surface area (TPSA) is 61.4 Å². The number of likely N-dealkylation sites (N-methyl/N-ethyl adjacent to an activating group) is 1. The molecule has 186 valence electrons. The van der Waals surface area contributed by atoms with E-state index in [0.717, 1.165) is 40.2 Å². The monoisotopic (exact) mass is 499 g/mol. The number of hydrogen-bond donors (Lipinski definition) is 2. The molecule has 0 aliphatic rings. The van der Waals surface area contributed by atoms with Crippen molar-refractivity contribution < 1.29 is 9.59 Å². The van der Waals surface area contributed by atoms with E-state index in [4.69, 9.17) is 0 Å². The van der Waals surface area contributed by atoms with Crippen LogP contribution in [0.4, 0.5) is 5.69 Å². The predicted molar refractivity (Wildman–Crippen MR) is 150 cm³/mol. The van der Waals surface area contributed by atoms with Gasteiger partial charge in [-0.25, -0.2) is 0 Å². The van der Waals surface area contributed by atoms with Crippen LogP contribution in [0.3, 0.4) is 0 Å². The van der Waals surface area contributed by atoms with Gasteiger partial charge in [0.2, 0.25) is 0 Å². The number of aryl methyl sites for hydroxylation is 1. The Labute approximate surface area is 217 Å². The van der Waals surface area contributed by atoms with E-state index in [1.165, 1.54) is 22.5 Å². The van der Waals surface area contributed by atoms with Crippen molar-refractivity contribution in [3.63, 3.8) is 0 Å². The second-order valence-corrected chi connectivity index (χ2v) is 9.93. The number of amides is 2. The lowest BCUT2D eigenvalue weighted by atomic mass is 10.0. The van der Waals surface area contributed by atoms with E-state index in [9.17, 15) is 9.59 Å². The highest BCUT2D eigenvalue weighted by Crippen LogP contribution is 2.33. The van der Waals surface area contributed by atoms with Gasteiger partial charge in [-0.1, -0.05) is 61.9 Å². The van der Waals surface area contributed by atoms with Gasteiger partial charge in [0.15, 0.2) is 0 Å². The van der Waals surface area contributed by atoms with Crippen LogP contribution in [-0.2, 0) is 6.42 Å². The SMILES string of the molecule is CCN(CC)CCNC(=O)c1ccc(NC(=O)c2sc3ccccc3c2Cc2ccc(C)cc2)cc1. The Morgan fingerprint density at radius 3 is 2.25 bits per heavy atom. The first-order valence-electron chi connectivity index (χ1n) is 12.5. The molecule has 0 bridgehead atoms. The van der Waals surface area contributed by atoms with Crippen LogP contribution in [0.25, 0.3) is 10.1 Å². The molecule has 2 amide bonds. The van der Waals surface area contributed by atoms with Gasteiger partial charge in [-0.2, -0.15) is 0 Å². The minimum absolute atomic E-state index is 0.107. The number of nitrogens with one attached hydrogen (secondary N) is 2. The van der Waals surface area contributed by atoms with E-state index < -0.39 is 0 Å². The molecule has 36 heavy (non-hydrogen) atoms. The van der Waals surface area contributed by atoms with Crippen molar-refractivity contribution in [2.24, 2.45) is 0 Å². The van der Waals surface area contributed by atoms with Gasteiger partial charge in [-0.3, -0.25) is 9.59 Å². The smallest absolute Gasteiger partial charge is 0.266 e. The highest BCUT2D eigenvalue weighted by atomic mass is 32.1. The normalized spacial score (nSPS) is 11.1. The van der Waals surface area contributed by atoms with E-state index in [0.29, 0.717) is 24.2 Å². The summed E-state index contributed by atoms with van der Waals surface area (Å²) in [6.45, 7) is 9.66. The fourth-order valence-corrected chi connectivity index (χ4v) is 5.35. The molecule has 0 aliphatic heterocycles. The van der Waals surface area contributed by atoms with Gasteiger partial charge in [-0.05, 0) is 73.3 Å². The zero-order valence-corrected chi connectivity index (χ0v) is 22.0. The second-order valence-electron chi connectivity index (χ2n) is 8.88. The van der Waals surface area contributed by atoms with Crippen LogP contribution in [0.1, 0.15) is 50.6 Å². The molecule has 6 heteroatoms. The van der Waals surface area contributed by atoms with Crippen LogP contribution in [0.5, 0.6) is 0 Å². The van der Waals surface area contributed by atoms with E-state index in [2.05, 4.69) is 72.7 Å². The molecular weight excluding hydrogens is 466 g/mol. The van der Waals surface area contributed by atoms with Gasteiger partial charge in [-0.15, -0.1) is 11.3 Å². The van der Waals surface area contributed by atoms with Crippen molar-refractivity contribution >= 4 is 38.9 Å². The Balaban J connectivity index is 1.46. The average molecular weight is 500 g/mol. The molecule has 4 aromatic rings. The van der Waals surface area contributed by atoms with E-state index in [-0.39, 0.29) is 11.8 Å². The number of hydrogen-bond acceptors (Lipinski definition) is 4. The van der Waals surface area contributed by atoms with Gasteiger partial charge in [0.05, 0.1) is 4.88 Å². The number of anilines is 1. The van der Waals surface area contributed by atoms with Crippen molar-refractivity contribution in [3.05, 3.63) is 99.9 Å². The molecule has 2 N–H and O–H groups in total. The lowest BCUT2D eigenvalue weighted by Crippen LogP contribution is -2.34. The van der Waals surface area contributed by atoms with Gasteiger partial charge in [0, 0.05) is 29.0 Å². The first kappa shape index (κ1) is 25.6. The molecule has 1 heterocycles. The van der Waals surface area contributed by atoms with E-state index >= 15 is 0 Å². The summed E-state index contributed by atoms with van der Waals surface area (Å²) in [4.78, 5) is 28.8. The summed E-state index contributed by atoms with van der Waals surface area (Å²) < 4.78 is 1.10. The lowest BCUT2D eigenvalue weighted by molar-refractivity contribution is 0.0948. The first-order valence-corrected chi connectivity index (χ1v) is 13.3. The highest BCUT2D eigenvalue weighted by Gasteiger charge is 2.19. The van der Waals surface area contributed by atoms with Gasteiger partial charge in [0.1, 0.15) is 0 Å². The minimum Gasteiger partial charge on any atom is -0.351 e. The minimum atomic E-state index is -0.130.